The first-order valence-corrected chi connectivity index (χ1v) is 9.67. The molecule has 0 saturated carbocycles. The molecule has 134 valence electrons. The fraction of sp³-hybridized carbons (Fsp3) is 0.0588. The number of nitrogens with zero attached hydrogens (tertiary/aromatic N) is 2. The second-order valence-electron chi connectivity index (χ2n) is 5.52. The van der Waals surface area contributed by atoms with E-state index in [1.54, 1.807) is 30.3 Å². The van der Waals surface area contributed by atoms with Gasteiger partial charge in [0.2, 0.25) is 5.88 Å². The number of benzene rings is 2. The van der Waals surface area contributed by atoms with Crippen molar-refractivity contribution in [3.8, 4) is 11.6 Å². The zero-order chi connectivity index (χ0) is 18.9. The minimum Gasteiger partial charge on any atom is -0.493 e. The predicted octanol–water partition coefficient (Wildman–Crippen LogP) is 2.89. The Morgan fingerprint density at radius 2 is 1.88 bits per heavy atom. The molecule has 1 amide bonds. The maximum atomic E-state index is 12.4. The third kappa shape index (κ3) is 3.71. The number of hydrogen-bond donors (Lipinski definition) is 2. The lowest BCUT2D eigenvalue weighted by Gasteiger charge is -2.07. The lowest BCUT2D eigenvalue weighted by atomic mass is 10.2. The Morgan fingerprint density at radius 1 is 1.19 bits per heavy atom. The Labute approximate surface area is 154 Å². The standard InChI is InChI=1S/C17H14ClN3O4S/c1-26(24,25)14-4-2-3-12(9-14)20-16(22)15-10-19-21(17(15)23)13-7-5-11(18)6-8-13/h2-10,23H,1H3,(H,20,22). The van der Waals surface area contributed by atoms with E-state index in [1.165, 1.54) is 29.1 Å². The number of aromatic hydroxyl groups is 1. The van der Waals surface area contributed by atoms with E-state index in [4.69, 9.17) is 11.6 Å². The van der Waals surface area contributed by atoms with Crippen molar-refractivity contribution in [3.05, 3.63) is 65.3 Å². The van der Waals surface area contributed by atoms with Crippen LogP contribution in [0.3, 0.4) is 0 Å². The number of sulfone groups is 1. The topological polar surface area (TPSA) is 101 Å². The highest BCUT2D eigenvalue weighted by molar-refractivity contribution is 7.90. The molecule has 0 unspecified atom stereocenters. The van der Waals surface area contributed by atoms with Gasteiger partial charge in [0.1, 0.15) is 5.56 Å². The highest BCUT2D eigenvalue weighted by atomic mass is 35.5. The van der Waals surface area contributed by atoms with Crippen LogP contribution in [-0.2, 0) is 9.84 Å². The van der Waals surface area contributed by atoms with Gasteiger partial charge in [0, 0.05) is 17.0 Å². The van der Waals surface area contributed by atoms with Crippen molar-refractivity contribution in [2.24, 2.45) is 0 Å². The molecule has 0 fully saturated rings. The van der Waals surface area contributed by atoms with Gasteiger partial charge in [-0.25, -0.2) is 13.1 Å². The average Bonchev–Trinajstić information content (AvgIpc) is 2.97. The Kier molecular flexibility index (Phi) is 4.71. The van der Waals surface area contributed by atoms with Crippen molar-refractivity contribution >= 4 is 33.0 Å². The number of aromatic nitrogens is 2. The average molecular weight is 392 g/mol. The highest BCUT2D eigenvalue weighted by Gasteiger charge is 2.18. The number of carbonyl (C=O) groups is 1. The maximum absolute atomic E-state index is 12.4. The first-order chi connectivity index (χ1) is 12.3. The molecule has 7 nitrogen and oxygen atoms in total. The van der Waals surface area contributed by atoms with E-state index in [0.717, 1.165) is 6.26 Å². The van der Waals surface area contributed by atoms with Gasteiger partial charge in [0.25, 0.3) is 5.91 Å². The van der Waals surface area contributed by atoms with Crippen molar-refractivity contribution in [1.29, 1.82) is 0 Å². The molecular formula is C17H14ClN3O4S. The summed E-state index contributed by atoms with van der Waals surface area (Å²) < 4.78 is 24.4. The van der Waals surface area contributed by atoms with E-state index in [0.29, 0.717) is 10.7 Å². The van der Waals surface area contributed by atoms with Gasteiger partial charge in [-0.05, 0) is 42.5 Å². The van der Waals surface area contributed by atoms with Crippen LogP contribution in [0.4, 0.5) is 5.69 Å². The Balaban J connectivity index is 1.87. The van der Waals surface area contributed by atoms with Crippen LogP contribution >= 0.6 is 11.6 Å². The van der Waals surface area contributed by atoms with Crippen LogP contribution in [0.25, 0.3) is 5.69 Å². The van der Waals surface area contributed by atoms with Crippen LogP contribution in [0.1, 0.15) is 10.4 Å². The SMILES string of the molecule is CS(=O)(=O)c1cccc(NC(=O)c2cnn(-c3ccc(Cl)cc3)c2O)c1. The summed E-state index contributed by atoms with van der Waals surface area (Å²) in [6.07, 6.45) is 2.30. The lowest BCUT2D eigenvalue weighted by molar-refractivity contribution is 0.102. The molecule has 0 aliphatic rings. The summed E-state index contributed by atoms with van der Waals surface area (Å²) >= 11 is 5.83. The van der Waals surface area contributed by atoms with Gasteiger partial charge in [-0.15, -0.1) is 0 Å². The van der Waals surface area contributed by atoms with Crippen LogP contribution in [0.5, 0.6) is 5.88 Å². The second kappa shape index (κ2) is 6.81. The Bertz CT molecular complexity index is 1080. The van der Waals surface area contributed by atoms with Crippen molar-refractivity contribution in [1.82, 2.24) is 9.78 Å². The minimum atomic E-state index is -3.40. The van der Waals surface area contributed by atoms with Gasteiger partial charge in [0.05, 0.1) is 16.8 Å². The third-order valence-corrected chi connectivity index (χ3v) is 4.94. The summed E-state index contributed by atoms with van der Waals surface area (Å²) in [6.45, 7) is 0. The van der Waals surface area contributed by atoms with E-state index >= 15 is 0 Å². The van der Waals surface area contributed by atoms with Gasteiger partial charge in [0.15, 0.2) is 9.84 Å². The molecule has 9 heteroatoms. The summed E-state index contributed by atoms with van der Waals surface area (Å²) in [5.41, 5.74) is 0.770. The molecule has 0 radical (unpaired) electrons. The smallest absolute Gasteiger partial charge is 0.262 e. The minimum absolute atomic E-state index is 0.0512. The van der Waals surface area contributed by atoms with Crippen LogP contribution in [0.15, 0.2) is 59.6 Å². The van der Waals surface area contributed by atoms with Crippen molar-refractivity contribution in [3.63, 3.8) is 0 Å². The van der Waals surface area contributed by atoms with E-state index < -0.39 is 15.7 Å². The molecule has 1 heterocycles. The van der Waals surface area contributed by atoms with E-state index in [2.05, 4.69) is 10.4 Å². The van der Waals surface area contributed by atoms with Crippen LogP contribution < -0.4 is 5.32 Å². The molecule has 26 heavy (non-hydrogen) atoms. The third-order valence-electron chi connectivity index (χ3n) is 3.58. The molecule has 0 spiro atoms. The van der Waals surface area contributed by atoms with Crippen LogP contribution in [0.2, 0.25) is 5.02 Å². The van der Waals surface area contributed by atoms with Gasteiger partial charge >= 0.3 is 0 Å². The normalized spacial score (nSPS) is 11.3. The van der Waals surface area contributed by atoms with E-state index in [-0.39, 0.29) is 22.0 Å². The predicted molar refractivity (Wildman–Crippen MR) is 97.7 cm³/mol. The fourth-order valence-corrected chi connectivity index (χ4v) is 3.07. The summed E-state index contributed by atoms with van der Waals surface area (Å²) in [5.74, 6) is -0.961. The Morgan fingerprint density at radius 3 is 2.54 bits per heavy atom. The monoisotopic (exact) mass is 391 g/mol. The van der Waals surface area contributed by atoms with Gasteiger partial charge in [-0.2, -0.15) is 5.10 Å². The second-order valence-corrected chi connectivity index (χ2v) is 7.98. The number of nitrogens with one attached hydrogen (secondary N) is 1. The molecule has 2 N–H and O–H groups in total. The number of amides is 1. The molecule has 0 aliphatic heterocycles. The van der Waals surface area contributed by atoms with Gasteiger partial charge in [-0.1, -0.05) is 17.7 Å². The summed E-state index contributed by atoms with van der Waals surface area (Å²) in [5, 5.41) is 17.4. The quantitative estimate of drug-likeness (QED) is 0.712. The molecule has 3 aromatic rings. The zero-order valence-electron chi connectivity index (χ0n) is 13.5. The summed E-state index contributed by atoms with van der Waals surface area (Å²) in [4.78, 5) is 12.5. The zero-order valence-corrected chi connectivity index (χ0v) is 15.1. The van der Waals surface area contributed by atoms with Gasteiger partial charge < -0.3 is 10.4 Å². The molecule has 3 rings (SSSR count). The molecule has 0 atom stereocenters. The first kappa shape index (κ1) is 18.0. The number of halogens is 1. The van der Waals surface area contributed by atoms with Crippen molar-refractivity contribution in [2.75, 3.05) is 11.6 Å². The Hall–Kier alpha value is -2.84. The number of rotatable bonds is 4. The van der Waals surface area contributed by atoms with E-state index in [9.17, 15) is 18.3 Å². The van der Waals surface area contributed by atoms with Crippen molar-refractivity contribution in [2.45, 2.75) is 4.90 Å². The highest BCUT2D eigenvalue weighted by Crippen LogP contribution is 2.24. The summed E-state index contributed by atoms with van der Waals surface area (Å²) in [7, 11) is -3.40. The fourth-order valence-electron chi connectivity index (χ4n) is 2.28. The maximum Gasteiger partial charge on any atom is 0.262 e. The summed E-state index contributed by atoms with van der Waals surface area (Å²) in [6, 6.07) is 12.4. The first-order valence-electron chi connectivity index (χ1n) is 7.40. The van der Waals surface area contributed by atoms with E-state index in [1.807, 2.05) is 0 Å². The molecule has 1 aromatic heterocycles. The van der Waals surface area contributed by atoms with Crippen LogP contribution in [0, 0.1) is 0 Å². The molecule has 2 aromatic carbocycles. The van der Waals surface area contributed by atoms with Crippen molar-refractivity contribution < 1.29 is 18.3 Å². The molecular weight excluding hydrogens is 378 g/mol. The molecule has 0 aliphatic carbocycles. The number of anilines is 1. The number of hydrogen-bond acceptors (Lipinski definition) is 5. The van der Waals surface area contributed by atoms with Gasteiger partial charge in [-0.3, -0.25) is 4.79 Å². The molecule has 0 bridgehead atoms. The number of carbonyl (C=O) groups excluding carboxylic acids is 1. The largest absolute Gasteiger partial charge is 0.493 e. The molecule has 0 saturated heterocycles. The van der Waals surface area contributed by atoms with Crippen LogP contribution in [-0.4, -0.2) is 35.5 Å². The lowest BCUT2D eigenvalue weighted by Crippen LogP contribution is -2.12.